The van der Waals surface area contributed by atoms with Gasteiger partial charge >= 0.3 is 7.82 Å². The largest absolute Gasteiger partial charge is 0.469 e. The number of hydrogen-bond donors (Lipinski definition) is 2. The van der Waals surface area contributed by atoms with Crippen molar-refractivity contribution in [1.29, 1.82) is 0 Å². The first kappa shape index (κ1) is 23.1. The fourth-order valence-electron chi connectivity index (χ4n) is 2.94. The summed E-state index contributed by atoms with van der Waals surface area (Å²) >= 11 is 0. The normalized spacial score (nSPS) is 12.2. The molecular formula is C18H39O4P. The highest BCUT2D eigenvalue weighted by Crippen LogP contribution is 2.37. The number of rotatable bonds is 17. The van der Waals surface area contributed by atoms with Crippen LogP contribution in [0.15, 0.2) is 0 Å². The van der Waals surface area contributed by atoms with E-state index in [0.717, 1.165) is 25.7 Å². The van der Waals surface area contributed by atoms with Gasteiger partial charge in [0.05, 0.1) is 6.61 Å². The van der Waals surface area contributed by atoms with Gasteiger partial charge in [0.25, 0.3) is 0 Å². The van der Waals surface area contributed by atoms with Crippen LogP contribution in [0.5, 0.6) is 0 Å². The lowest BCUT2D eigenvalue weighted by molar-refractivity contribution is 0.157. The Bertz CT molecular complexity index is 275. The summed E-state index contributed by atoms with van der Waals surface area (Å²) in [5.41, 5.74) is 0. The van der Waals surface area contributed by atoms with Crippen LogP contribution in [0.4, 0.5) is 0 Å². The Morgan fingerprint density at radius 2 is 1.13 bits per heavy atom. The lowest BCUT2D eigenvalue weighted by atomic mass is 9.95. The molecule has 0 aliphatic carbocycles. The average Bonchev–Trinajstić information content (AvgIpc) is 2.49. The Morgan fingerprint density at radius 1 is 0.739 bits per heavy atom. The van der Waals surface area contributed by atoms with Crippen molar-refractivity contribution in [3.63, 3.8) is 0 Å². The first-order valence-corrected chi connectivity index (χ1v) is 11.2. The van der Waals surface area contributed by atoms with Crippen LogP contribution in [0.1, 0.15) is 104 Å². The zero-order chi connectivity index (χ0) is 17.4. The molecule has 0 aromatic carbocycles. The van der Waals surface area contributed by atoms with Crippen molar-refractivity contribution >= 4 is 7.82 Å². The minimum atomic E-state index is -4.33. The lowest BCUT2D eigenvalue weighted by Gasteiger charge is -2.17. The summed E-state index contributed by atoms with van der Waals surface area (Å²) in [6.45, 7) is 4.64. The van der Waals surface area contributed by atoms with E-state index in [1.54, 1.807) is 0 Å². The van der Waals surface area contributed by atoms with Gasteiger partial charge in [-0.05, 0) is 18.8 Å². The summed E-state index contributed by atoms with van der Waals surface area (Å²) in [4.78, 5) is 17.8. The molecule has 0 saturated carbocycles. The maximum Gasteiger partial charge on any atom is 0.469 e. The van der Waals surface area contributed by atoms with Crippen molar-refractivity contribution in [1.82, 2.24) is 0 Å². The SMILES string of the molecule is CCCCCCCCC(CCCCCCCC)COP(=O)(O)O. The van der Waals surface area contributed by atoms with Crippen LogP contribution in [0, 0.1) is 5.92 Å². The van der Waals surface area contributed by atoms with Crippen LogP contribution in [-0.2, 0) is 9.09 Å². The highest BCUT2D eigenvalue weighted by molar-refractivity contribution is 7.46. The molecule has 5 heteroatoms. The fourth-order valence-corrected chi connectivity index (χ4v) is 3.35. The predicted molar refractivity (Wildman–Crippen MR) is 97.5 cm³/mol. The van der Waals surface area contributed by atoms with Crippen molar-refractivity contribution in [3.05, 3.63) is 0 Å². The summed E-state index contributed by atoms with van der Waals surface area (Å²) in [7, 11) is -4.33. The number of phosphoric ester groups is 1. The van der Waals surface area contributed by atoms with Gasteiger partial charge in [-0.3, -0.25) is 4.52 Å². The Balaban J connectivity index is 3.86. The van der Waals surface area contributed by atoms with Gasteiger partial charge < -0.3 is 9.79 Å². The fraction of sp³-hybridized carbons (Fsp3) is 1.00. The van der Waals surface area contributed by atoms with E-state index in [1.807, 2.05) is 0 Å². The number of phosphoric acid groups is 1. The molecule has 0 aliphatic heterocycles. The van der Waals surface area contributed by atoms with Gasteiger partial charge in [-0.2, -0.15) is 0 Å². The van der Waals surface area contributed by atoms with Crippen LogP contribution in [-0.4, -0.2) is 16.4 Å². The van der Waals surface area contributed by atoms with E-state index < -0.39 is 7.82 Å². The van der Waals surface area contributed by atoms with E-state index in [1.165, 1.54) is 64.2 Å². The Morgan fingerprint density at radius 3 is 1.52 bits per heavy atom. The van der Waals surface area contributed by atoms with Crippen LogP contribution >= 0.6 is 7.82 Å². The molecule has 0 aromatic heterocycles. The minimum absolute atomic E-state index is 0.203. The summed E-state index contributed by atoms with van der Waals surface area (Å²) in [6.07, 6.45) is 17.1. The molecular weight excluding hydrogens is 311 g/mol. The molecule has 0 aliphatic rings. The second-order valence-corrected chi connectivity index (χ2v) is 8.00. The predicted octanol–water partition coefficient (Wildman–Crippen LogP) is 6.21. The van der Waals surface area contributed by atoms with Crippen molar-refractivity contribution in [2.24, 2.45) is 5.92 Å². The highest BCUT2D eigenvalue weighted by Gasteiger charge is 2.18. The first-order chi connectivity index (χ1) is 11.0. The van der Waals surface area contributed by atoms with Gasteiger partial charge in [-0.25, -0.2) is 4.57 Å². The smallest absolute Gasteiger partial charge is 0.303 e. The second kappa shape index (κ2) is 15.6. The third kappa shape index (κ3) is 18.3. The Hall–Kier alpha value is 0.110. The molecule has 0 aromatic rings. The van der Waals surface area contributed by atoms with E-state index >= 15 is 0 Å². The summed E-state index contributed by atoms with van der Waals surface area (Å²) < 4.78 is 15.7. The van der Waals surface area contributed by atoms with Crippen molar-refractivity contribution in [3.8, 4) is 0 Å². The molecule has 0 amide bonds. The highest BCUT2D eigenvalue weighted by atomic mass is 31.2. The van der Waals surface area contributed by atoms with E-state index in [0.29, 0.717) is 5.92 Å². The molecule has 0 bridgehead atoms. The third-order valence-electron chi connectivity index (χ3n) is 4.41. The van der Waals surface area contributed by atoms with Crippen LogP contribution < -0.4 is 0 Å². The van der Waals surface area contributed by atoms with Crippen molar-refractivity contribution in [2.75, 3.05) is 6.61 Å². The summed E-state index contributed by atoms with van der Waals surface area (Å²) in [6, 6.07) is 0. The third-order valence-corrected chi connectivity index (χ3v) is 4.90. The maximum atomic E-state index is 10.9. The van der Waals surface area contributed by atoms with Gasteiger partial charge in [0.15, 0.2) is 0 Å². The van der Waals surface area contributed by atoms with Crippen LogP contribution in [0.3, 0.4) is 0 Å². The molecule has 140 valence electrons. The molecule has 0 spiro atoms. The number of hydrogen-bond acceptors (Lipinski definition) is 2. The zero-order valence-corrected chi connectivity index (χ0v) is 16.2. The zero-order valence-electron chi connectivity index (χ0n) is 15.3. The monoisotopic (exact) mass is 350 g/mol. The van der Waals surface area contributed by atoms with E-state index in [-0.39, 0.29) is 6.61 Å². The Kier molecular flexibility index (Phi) is 15.7. The number of unbranched alkanes of at least 4 members (excludes halogenated alkanes) is 10. The van der Waals surface area contributed by atoms with Gasteiger partial charge in [0.2, 0.25) is 0 Å². The van der Waals surface area contributed by atoms with E-state index in [4.69, 9.17) is 14.3 Å². The van der Waals surface area contributed by atoms with Crippen LogP contribution in [0.25, 0.3) is 0 Å². The van der Waals surface area contributed by atoms with E-state index in [2.05, 4.69) is 13.8 Å². The topological polar surface area (TPSA) is 66.8 Å². The minimum Gasteiger partial charge on any atom is -0.303 e. The molecule has 0 radical (unpaired) electrons. The van der Waals surface area contributed by atoms with E-state index in [9.17, 15) is 4.57 Å². The standard InChI is InChI=1S/C18H39O4P/c1-3-5-7-9-11-13-15-18(17-22-23(19,20)21)16-14-12-10-8-6-4-2/h18H,3-17H2,1-2H3,(H2,19,20,21). The second-order valence-electron chi connectivity index (χ2n) is 6.77. The molecule has 4 nitrogen and oxygen atoms in total. The van der Waals surface area contributed by atoms with Gasteiger partial charge in [0, 0.05) is 0 Å². The molecule has 0 heterocycles. The molecule has 2 N–H and O–H groups in total. The quantitative estimate of drug-likeness (QED) is 0.242. The van der Waals surface area contributed by atoms with Crippen LogP contribution in [0.2, 0.25) is 0 Å². The molecule has 0 fully saturated rings. The molecule has 0 saturated heterocycles. The van der Waals surface area contributed by atoms with Gasteiger partial charge in [0.1, 0.15) is 0 Å². The Labute approximate surface area is 143 Å². The molecule has 0 atom stereocenters. The van der Waals surface area contributed by atoms with Gasteiger partial charge in [-0.1, -0.05) is 90.9 Å². The first-order valence-electron chi connectivity index (χ1n) is 9.69. The average molecular weight is 350 g/mol. The summed E-state index contributed by atoms with van der Waals surface area (Å²) in [5.74, 6) is 0.292. The summed E-state index contributed by atoms with van der Waals surface area (Å²) in [5, 5.41) is 0. The molecule has 0 rings (SSSR count). The van der Waals surface area contributed by atoms with Crippen molar-refractivity contribution < 1.29 is 18.9 Å². The molecule has 23 heavy (non-hydrogen) atoms. The van der Waals surface area contributed by atoms with Gasteiger partial charge in [-0.15, -0.1) is 0 Å². The van der Waals surface area contributed by atoms with Crippen molar-refractivity contribution in [2.45, 2.75) is 104 Å². The maximum absolute atomic E-state index is 10.9. The lowest BCUT2D eigenvalue weighted by Crippen LogP contribution is -2.09. The molecule has 0 unspecified atom stereocenters.